The third-order valence-corrected chi connectivity index (χ3v) is 5.36. The number of hydrogen-bond donors (Lipinski definition) is 1. The van der Waals surface area contributed by atoms with Crippen LogP contribution in [0, 0.1) is 11.7 Å². The molecule has 0 unspecified atom stereocenters. The Kier molecular flexibility index (Phi) is 7.36. The maximum absolute atomic E-state index is 13.8. The van der Waals surface area contributed by atoms with Gasteiger partial charge < -0.3 is 15.1 Å². The van der Waals surface area contributed by atoms with E-state index in [1.807, 2.05) is 30.3 Å². The lowest BCUT2D eigenvalue weighted by Gasteiger charge is -2.34. The molecule has 0 radical (unpaired) electrons. The number of carbonyl (C=O) groups excluding carboxylic acids is 2. The zero-order valence-electron chi connectivity index (χ0n) is 16.8. The molecule has 1 heterocycles. The predicted octanol–water partition coefficient (Wildman–Crippen LogP) is 3.18. The summed E-state index contributed by atoms with van der Waals surface area (Å²) in [5, 5.41) is 2.64. The first-order valence-electron chi connectivity index (χ1n) is 10.1. The van der Waals surface area contributed by atoms with E-state index in [-0.39, 0.29) is 5.82 Å². The lowest BCUT2D eigenvalue weighted by molar-refractivity contribution is -0.142. The van der Waals surface area contributed by atoms with Gasteiger partial charge in [0.25, 0.3) is 0 Å². The zero-order valence-corrected chi connectivity index (χ0v) is 16.8. The molecule has 0 saturated carbocycles. The van der Waals surface area contributed by atoms with Crippen LogP contribution >= 0.6 is 0 Å². The van der Waals surface area contributed by atoms with Gasteiger partial charge in [-0.15, -0.1) is 0 Å². The van der Waals surface area contributed by atoms with Gasteiger partial charge in [-0.2, -0.15) is 0 Å². The van der Waals surface area contributed by atoms with Crippen molar-refractivity contribution in [3.63, 3.8) is 0 Å². The number of nitrogens with zero attached hydrogens (tertiary/aromatic N) is 2. The van der Waals surface area contributed by atoms with Crippen LogP contribution in [0.1, 0.15) is 18.4 Å². The highest BCUT2D eigenvalue weighted by atomic mass is 19.1. The molecule has 0 aliphatic carbocycles. The molecular formula is C23H28FN3O2. The van der Waals surface area contributed by atoms with E-state index < -0.39 is 11.8 Å². The summed E-state index contributed by atoms with van der Waals surface area (Å²) in [6.45, 7) is 3.17. The monoisotopic (exact) mass is 397 g/mol. The molecule has 1 aliphatic heterocycles. The van der Waals surface area contributed by atoms with Gasteiger partial charge in [-0.3, -0.25) is 9.59 Å². The van der Waals surface area contributed by atoms with Gasteiger partial charge in [0, 0.05) is 32.4 Å². The molecule has 2 amide bonds. The van der Waals surface area contributed by atoms with Gasteiger partial charge in [0.2, 0.25) is 0 Å². The van der Waals surface area contributed by atoms with Crippen molar-refractivity contribution >= 4 is 17.5 Å². The normalized spacial score (nSPS) is 17.0. The average molecular weight is 397 g/mol. The Morgan fingerprint density at radius 3 is 2.62 bits per heavy atom. The molecule has 0 aromatic heterocycles. The second-order valence-corrected chi connectivity index (χ2v) is 7.66. The van der Waals surface area contributed by atoms with E-state index in [4.69, 9.17) is 0 Å². The summed E-state index contributed by atoms with van der Waals surface area (Å²) in [6.07, 6.45) is 2.74. The summed E-state index contributed by atoms with van der Waals surface area (Å²) in [5.74, 6) is -0.998. The smallest absolute Gasteiger partial charge is 0.313 e. The van der Waals surface area contributed by atoms with Crippen molar-refractivity contribution in [3.8, 4) is 0 Å². The summed E-state index contributed by atoms with van der Waals surface area (Å²) in [5.41, 5.74) is 1.34. The molecule has 6 heteroatoms. The molecule has 1 fully saturated rings. The Labute approximate surface area is 171 Å². The summed E-state index contributed by atoms with van der Waals surface area (Å²) in [7, 11) is 1.67. The van der Waals surface area contributed by atoms with Gasteiger partial charge >= 0.3 is 11.8 Å². The van der Waals surface area contributed by atoms with Crippen molar-refractivity contribution < 1.29 is 14.0 Å². The number of para-hydroxylation sites is 1. The minimum atomic E-state index is -0.620. The Morgan fingerprint density at radius 2 is 1.86 bits per heavy atom. The van der Waals surface area contributed by atoms with Gasteiger partial charge in [-0.1, -0.05) is 36.4 Å². The second-order valence-electron chi connectivity index (χ2n) is 7.66. The Morgan fingerprint density at radius 1 is 1.14 bits per heavy atom. The minimum absolute atomic E-state index is 0.157. The van der Waals surface area contributed by atoms with Gasteiger partial charge in [-0.25, -0.2) is 4.39 Å². The molecule has 3 rings (SSSR count). The number of rotatable bonds is 6. The lowest BCUT2D eigenvalue weighted by Crippen LogP contribution is -2.44. The largest absolute Gasteiger partial charge is 0.337 e. The Balaban J connectivity index is 1.47. The summed E-state index contributed by atoms with van der Waals surface area (Å²) < 4.78 is 13.8. The number of nitrogens with one attached hydrogen (secondary N) is 1. The SMILES string of the molecule is CN(C[C@H]1CCCN(CCc2ccccc2F)C1)C(=O)C(=O)Nc1ccccc1. The van der Waals surface area contributed by atoms with E-state index in [1.165, 1.54) is 11.0 Å². The molecule has 1 atom stereocenters. The fourth-order valence-corrected chi connectivity index (χ4v) is 3.83. The number of hydrogen-bond acceptors (Lipinski definition) is 3. The highest BCUT2D eigenvalue weighted by Crippen LogP contribution is 2.18. The van der Waals surface area contributed by atoms with E-state index >= 15 is 0 Å². The Hall–Kier alpha value is -2.73. The lowest BCUT2D eigenvalue weighted by atomic mass is 9.97. The first-order valence-corrected chi connectivity index (χ1v) is 10.1. The first kappa shape index (κ1) is 21.0. The molecule has 154 valence electrons. The predicted molar refractivity (Wildman–Crippen MR) is 112 cm³/mol. The third-order valence-electron chi connectivity index (χ3n) is 5.36. The van der Waals surface area contributed by atoms with Gasteiger partial charge in [0.15, 0.2) is 0 Å². The molecular weight excluding hydrogens is 369 g/mol. The van der Waals surface area contributed by atoms with Crippen molar-refractivity contribution in [3.05, 3.63) is 66.0 Å². The number of amides is 2. The standard InChI is InChI=1S/C23H28FN3O2/c1-26(23(29)22(28)25-20-10-3-2-4-11-20)16-18-8-7-14-27(17-18)15-13-19-9-5-6-12-21(19)24/h2-6,9-12,18H,7-8,13-17H2,1H3,(H,25,28)/t18-/m1/s1. The van der Waals surface area contributed by atoms with Crippen LogP contribution in [-0.4, -0.2) is 54.8 Å². The number of carbonyl (C=O) groups is 2. The third kappa shape index (κ3) is 6.12. The fourth-order valence-electron chi connectivity index (χ4n) is 3.83. The van der Waals surface area contributed by atoms with Crippen LogP contribution in [0.25, 0.3) is 0 Å². The molecule has 2 aromatic carbocycles. The topological polar surface area (TPSA) is 52.7 Å². The molecule has 1 N–H and O–H groups in total. The number of halogens is 1. The van der Waals surface area contributed by atoms with Crippen molar-refractivity contribution in [2.75, 3.05) is 38.5 Å². The fraction of sp³-hybridized carbons (Fsp3) is 0.391. The van der Waals surface area contributed by atoms with E-state index in [1.54, 1.807) is 25.2 Å². The van der Waals surface area contributed by atoms with Gasteiger partial charge in [0.1, 0.15) is 5.82 Å². The van der Waals surface area contributed by atoms with Crippen molar-refractivity contribution in [2.45, 2.75) is 19.3 Å². The Bertz CT molecular complexity index is 828. The molecule has 0 bridgehead atoms. The highest BCUT2D eigenvalue weighted by Gasteiger charge is 2.25. The van der Waals surface area contributed by atoms with Crippen LogP contribution in [0.3, 0.4) is 0 Å². The van der Waals surface area contributed by atoms with E-state index in [0.717, 1.165) is 38.0 Å². The van der Waals surface area contributed by atoms with Crippen molar-refractivity contribution in [1.29, 1.82) is 0 Å². The van der Waals surface area contributed by atoms with Crippen molar-refractivity contribution in [2.24, 2.45) is 5.92 Å². The van der Waals surface area contributed by atoms with Crippen LogP contribution in [0.15, 0.2) is 54.6 Å². The summed E-state index contributed by atoms with van der Waals surface area (Å²) in [6, 6.07) is 15.9. The summed E-state index contributed by atoms with van der Waals surface area (Å²) in [4.78, 5) is 28.4. The van der Waals surface area contributed by atoms with Crippen LogP contribution in [-0.2, 0) is 16.0 Å². The van der Waals surface area contributed by atoms with E-state index in [0.29, 0.717) is 24.6 Å². The van der Waals surface area contributed by atoms with Crippen molar-refractivity contribution in [1.82, 2.24) is 9.80 Å². The molecule has 1 aliphatic rings. The second kappa shape index (κ2) is 10.2. The number of likely N-dealkylation sites (tertiary alicyclic amines) is 1. The molecule has 0 spiro atoms. The zero-order chi connectivity index (χ0) is 20.6. The number of piperidine rings is 1. The first-order chi connectivity index (χ1) is 14.0. The van der Waals surface area contributed by atoms with Crippen LogP contribution in [0.4, 0.5) is 10.1 Å². The molecule has 5 nitrogen and oxygen atoms in total. The van der Waals surface area contributed by atoms with Gasteiger partial charge in [-0.05, 0) is 55.5 Å². The van der Waals surface area contributed by atoms with E-state index in [9.17, 15) is 14.0 Å². The van der Waals surface area contributed by atoms with Crippen LogP contribution < -0.4 is 5.32 Å². The minimum Gasteiger partial charge on any atom is -0.337 e. The molecule has 2 aromatic rings. The quantitative estimate of drug-likeness (QED) is 0.762. The van der Waals surface area contributed by atoms with Crippen LogP contribution in [0.2, 0.25) is 0 Å². The maximum atomic E-state index is 13.8. The van der Waals surface area contributed by atoms with Crippen LogP contribution in [0.5, 0.6) is 0 Å². The van der Waals surface area contributed by atoms with Gasteiger partial charge in [0.05, 0.1) is 0 Å². The van der Waals surface area contributed by atoms with E-state index in [2.05, 4.69) is 10.2 Å². The number of likely N-dealkylation sites (N-methyl/N-ethyl adjacent to an activating group) is 1. The number of benzene rings is 2. The summed E-state index contributed by atoms with van der Waals surface area (Å²) >= 11 is 0. The number of anilines is 1. The highest BCUT2D eigenvalue weighted by molar-refractivity contribution is 6.39. The molecule has 1 saturated heterocycles. The maximum Gasteiger partial charge on any atom is 0.313 e. The molecule has 29 heavy (non-hydrogen) atoms. The average Bonchev–Trinajstić information content (AvgIpc) is 2.73.